The lowest BCUT2D eigenvalue weighted by molar-refractivity contribution is -0.384. The third-order valence-electron chi connectivity index (χ3n) is 6.00. The Bertz CT molecular complexity index is 1220. The Morgan fingerprint density at radius 3 is 2.79 bits per heavy atom. The van der Waals surface area contributed by atoms with E-state index in [4.69, 9.17) is 9.47 Å². The van der Waals surface area contributed by atoms with Gasteiger partial charge in [-0.15, -0.1) is 0 Å². The number of rotatable bonds is 6. The summed E-state index contributed by atoms with van der Waals surface area (Å²) in [5.41, 5.74) is 1.11. The molecular weight excluding hydrogens is 463 g/mol. The van der Waals surface area contributed by atoms with E-state index in [1.165, 1.54) is 34.4 Å². The molecule has 1 aromatic heterocycles. The molecule has 34 heavy (non-hydrogen) atoms. The molecule has 0 N–H and O–H groups in total. The number of fused-ring (bicyclic) bond motifs is 1. The van der Waals surface area contributed by atoms with Crippen molar-refractivity contribution in [2.75, 3.05) is 49.3 Å². The molecule has 2 aliphatic rings. The number of nitro groups is 1. The van der Waals surface area contributed by atoms with E-state index in [-0.39, 0.29) is 29.7 Å². The first kappa shape index (κ1) is 22.6. The van der Waals surface area contributed by atoms with Gasteiger partial charge in [0.15, 0.2) is 5.13 Å². The van der Waals surface area contributed by atoms with E-state index in [1.807, 2.05) is 4.90 Å². The van der Waals surface area contributed by atoms with Crippen LogP contribution in [0.25, 0.3) is 10.2 Å². The largest absolute Gasteiger partial charge is 0.378 e. The van der Waals surface area contributed by atoms with Gasteiger partial charge in [0.1, 0.15) is 11.5 Å². The second-order valence-corrected chi connectivity index (χ2v) is 9.23. The molecule has 2 saturated heterocycles. The van der Waals surface area contributed by atoms with E-state index in [2.05, 4.69) is 4.98 Å². The number of anilines is 2. The van der Waals surface area contributed by atoms with Crippen LogP contribution in [0.3, 0.4) is 0 Å². The number of ether oxygens (including phenoxy) is 2. The highest BCUT2D eigenvalue weighted by Gasteiger charge is 2.29. The molecule has 9 nitrogen and oxygen atoms in total. The molecule has 1 atom stereocenters. The van der Waals surface area contributed by atoms with Gasteiger partial charge in [0.25, 0.3) is 11.6 Å². The van der Waals surface area contributed by atoms with Gasteiger partial charge in [-0.3, -0.25) is 19.8 Å². The van der Waals surface area contributed by atoms with E-state index < -0.39 is 10.8 Å². The van der Waals surface area contributed by atoms with Crippen LogP contribution < -0.4 is 9.80 Å². The van der Waals surface area contributed by atoms with Crippen LogP contribution in [0, 0.1) is 15.9 Å². The summed E-state index contributed by atoms with van der Waals surface area (Å²) < 4.78 is 25.4. The SMILES string of the molecule is O=C(c1ccc(N2CCOCC2)c([N+](=O)[O-])c1)N(CC1CCCO1)c1nc2ccc(F)cc2s1. The van der Waals surface area contributed by atoms with Crippen LogP contribution in [0.15, 0.2) is 36.4 Å². The molecule has 1 amide bonds. The number of carbonyl (C=O) groups is 1. The van der Waals surface area contributed by atoms with Crippen molar-refractivity contribution in [1.29, 1.82) is 0 Å². The zero-order chi connectivity index (χ0) is 23.7. The number of halogens is 1. The number of carbonyl (C=O) groups excluding carboxylic acids is 1. The first-order valence-electron chi connectivity index (χ1n) is 11.1. The zero-order valence-electron chi connectivity index (χ0n) is 18.3. The van der Waals surface area contributed by atoms with Gasteiger partial charge in [-0.2, -0.15) is 0 Å². The van der Waals surface area contributed by atoms with Crippen molar-refractivity contribution in [3.63, 3.8) is 0 Å². The number of hydrogen-bond donors (Lipinski definition) is 0. The van der Waals surface area contributed by atoms with Gasteiger partial charge in [-0.1, -0.05) is 11.3 Å². The van der Waals surface area contributed by atoms with Crippen LogP contribution in [0.1, 0.15) is 23.2 Å². The van der Waals surface area contributed by atoms with Crippen LogP contribution >= 0.6 is 11.3 Å². The fourth-order valence-corrected chi connectivity index (χ4v) is 5.27. The molecule has 11 heteroatoms. The number of benzene rings is 2. The van der Waals surface area contributed by atoms with Crippen molar-refractivity contribution in [2.24, 2.45) is 0 Å². The monoisotopic (exact) mass is 486 g/mol. The summed E-state index contributed by atoms with van der Waals surface area (Å²) in [6, 6.07) is 8.83. The van der Waals surface area contributed by atoms with Gasteiger partial charge >= 0.3 is 0 Å². The minimum absolute atomic E-state index is 0.129. The molecule has 0 aliphatic carbocycles. The lowest BCUT2D eigenvalue weighted by Crippen LogP contribution is -2.38. The maximum atomic E-state index is 13.7. The molecule has 2 fully saturated rings. The van der Waals surface area contributed by atoms with Gasteiger partial charge in [0.2, 0.25) is 0 Å². The molecule has 2 aromatic carbocycles. The summed E-state index contributed by atoms with van der Waals surface area (Å²) in [5.74, 6) is -0.791. The second kappa shape index (κ2) is 9.61. The Morgan fingerprint density at radius 1 is 1.24 bits per heavy atom. The van der Waals surface area contributed by atoms with E-state index in [0.29, 0.717) is 53.9 Å². The van der Waals surface area contributed by atoms with Crippen molar-refractivity contribution >= 4 is 44.0 Å². The average Bonchev–Trinajstić information content (AvgIpc) is 3.51. The van der Waals surface area contributed by atoms with Crippen LogP contribution in [0.2, 0.25) is 0 Å². The molecule has 1 unspecified atom stereocenters. The Kier molecular flexibility index (Phi) is 6.40. The van der Waals surface area contributed by atoms with Crippen molar-refractivity contribution in [1.82, 2.24) is 4.98 Å². The summed E-state index contributed by atoms with van der Waals surface area (Å²) in [4.78, 5) is 33.0. The lowest BCUT2D eigenvalue weighted by atomic mass is 10.1. The highest BCUT2D eigenvalue weighted by Crippen LogP contribution is 2.34. The average molecular weight is 487 g/mol. The van der Waals surface area contributed by atoms with Crippen LogP contribution in [-0.4, -0.2) is 61.4 Å². The van der Waals surface area contributed by atoms with Gasteiger partial charge in [-0.25, -0.2) is 9.37 Å². The van der Waals surface area contributed by atoms with Gasteiger partial charge in [-0.05, 0) is 43.2 Å². The van der Waals surface area contributed by atoms with E-state index in [0.717, 1.165) is 12.8 Å². The number of morpholine rings is 1. The molecule has 3 aromatic rings. The van der Waals surface area contributed by atoms with Gasteiger partial charge in [0.05, 0.1) is 41.0 Å². The highest BCUT2D eigenvalue weighted by molar-refractivity contribution is 7.22. The quantitative estimate of drug-likeness (QED) is 0.384. The Labute approximate surface area is 198 Å². The zero-order valence-corrected chi connectivity index (χ0v) is 19.1. The Morgan fingerprint density at radius 2 is 2.06 bits per heavy atom. The second-order valence-electron chi connectivity index (χ2n) is 8.22. The summed E-state index contributed by atoms with van der Waals surface area (Å²) in [6.45, 7) is 2.96. The summed E-state index contributed by atoms with van der Waals surface area (Å²) in [6.07, 6.45) is 1.55. The third kappa shape index (κ3) is 4.59. The van der Waals surface area contributed by atoms with E-state index >= 15 is 0 Å². The number of hydrogen-bond acceptors (Lipinski definition) is 8. The minimum atomic E-state index is -0.466. The number of thiazole rings is 1. The van der Waals surface area contributed by atoms with Crippen LogP contribution in [0.5, 0.6) is 0 Å². The first-order valence-corrected chi connectivity index (χ1v) is 11.9. The minimum Gasteiger partial charge on any atom is -0.378 e. The van der Waals surface area contributed by atoms with E-state index in [1.54, 1.807) is 18.2 Å². The third-order valence-corrected chi connectivity index (χ3v) is 7.04. The standard InChI is InChI=1S/C23H23FN4O5S/c24-16-4-5-18-21(13-16)34-23(25-18)27(14-17-2-1-9-33-17)22(29)15-3-6-19(20(12-15)28(30)31)26-7-10-32-11-8-26/h3-6,12-13,17H,1-2,7-11,14H2. The van der Waals surface area contributed by atoms with Gasteiger partial charge in [0, 0.05) is 31.3 Å². The predicted molar refractivity (Wildman–Crippen MR) is 126 cm³/mol. The first-order chi connectivity index (χ1) is 16.5. The molecule has 5 rings (SSSR count). The van der Waals surface area contributed by atoms with Crippen molar-refractivity contribution in [3.05, 3.63) is 57.9 Å². The molecule has 3 heterocycles. The number of nitrogens with zero attached hydrogens (tertiary/aromatic N) is 4. The van der Waals surface area contributed by atoms with Crippen LogP contribution in [-0.2, 0) is 9.47 Å². The molecular formula is C23H23FN4O5S. The van der Waals surface area contributed by atoms with Crippen molar-refractivity contribution < 1.29 is 23.6 Å². The number of aromatic nitrogens is 1. The molecule has 178 valence electrons. The Balaban J connectivity index is 1.50. The molecule has 0 saturated carbocycles. The molecule has 2 aliphatic heterocycles. The maximum absolute atomic E-state index is 13.7. The summed E-state index contributed by atoms with van der Waals surface area (Å²) in [5, 5.41) is 12.3. The topological polar surface area (TPSA) is 98.0 Å². The fourth-order valence-electron chi connectivity index (χ4n) is 4.27. The van der Waals surface area contributed by atoms with Crippen LogP contribution in [0.4, 0.5) is 20.9 Å². The molecule has 0 radical (unpaired) electrons. The van der Waals surface area contributed by atoms with Crippen molar-refractivity contribution in [2.45, 2.75) is 18.9 Å². The van der Waals surface area contributed by atoms with E-state index in [9.17, 15) is 19.3 Å². The lowest BCUT2D eigenvalue weighted by Gasteiger charge is -2.28. The number of amides is 1. The number of nitro benzene ring substituents is 1. The molecule has 0 spiro atoms. The fraction of sp³-hybridized carbons (Fsp3) is 0.391. The predicted octanol–water partition coefficient (Wildman–Crippen LogP) is 4.01. The Hall–Kier alpha value is -3.15. The normalized spacial score (nSPS) is 18.4. The van der Waals surface area contributed by atoms with Gasteiger partial charge < -0.3 is 14.4 Å². The maximum Gasteiger partial charge on any atom is 0.293 e. The van der Waals surface area contributed by atoms with Crippen molar-refractivity contribution in [3.8, 4) is 0 Å². The molecule has 0 bridgehead atoms. The summed E-state index contributed by atoms with van der Waals surface area (Å²) >= 11 is 1.20. The smallest absolute Gasteiger partial charge is 0.293 e. The summed E-state index contributed by atoms with van der Waals surface area (Å²) in [7, 11) is 0. The highest BCUT2D eigenvalue weighted by atomic mass is 32.1.